The van der Waals surface area contributed by atoms with Crippen molar-refractivity contribution in [2.45, 2.75) is 0 Å². The lowest BCUT2D eigenvalue weighted by Crippen LogP contribution is -2.11. The number of para-hydroxylation sites is 2. The zero-order valence-electron chi connectivity index (χ0n) is 33.0. The van der Waals surface area contributed by atoms with Crippen molar-refractivity contribution in [3.8, 4) is 50.2 Å². The third-order valence-electron chi connectivity index (χ3n) is 11.8. The van der Waals surface area contributed by atoms with Gasteiger partial charge >= 0.3 is 0 Å². The van der Waals surface area contributed by atoms with E-state index in [2.05, 4.69) is 252 Å². The van der Waals surface area contributed by atoms with Gasteiger partial charge in [-0.15, -0.1) is 0 Å². The number of aromatic nitrogens is 1. The van der Waals surface area contributed by atoms with Crippen molar-refractivity contribution >= 4 is 49.6 Å². The highest BCUT2D eigenvalue weighted by molar-refractivity contribution is 6.22. The second-order valence-electron chi connectivity index (χ2n) is 15.3. The SMILES string of the molecule is c1ccc(-c2cccc(-c3ccc(N(c4cccc(-c5cccc6c5c5ccc7ccccc7c5n6-c5ccccc5)c4)c4ccccc4-c4ccccc4)cc3)c2)cc1. The van der Waals surface area contributed by atoms with Crippen LogP contribution in [0.5, 0.6) is 0 Å². The van der Waals surface area contributed by atoms with Gasteiger partial charge in [-0.05, 0) is 98.9 Å². The van der Waals surface area contributed by atoms with E-state index < -0.39 is 0 Å². The third-order valence-corrected chi connectivity index (χ3v) is 11.8. The Kier molecular flexibility index (Phi) is 8.87. The smallest absolute Gasteiger partial charge is 0.0619 e. The maximum atomic E-state index is 2.44. The summed E-state index contributed by atoms with van der Waals surface area (Å²) in [5, 5.41) is 4.97. The molecular weight excluding hydrogens is 725 g/mol. The van der Waals surface area contributed by atoms with Gasteiger partial charge < -0.3 is 9.47 Å². The topological polar surface area (TPSA) is 8.17 Å². The Labute approximate surface area is 350 Å². The molecule has 60 heavy (non-hydrogen) atoms. The van der Waals surface area contributed by atoms with E-state index in [0.717, 1.165) is 28.3 Å². The molecule has 1 aromatic heterocycles. The van der Waals surface area contributed by atoms with Crippen LogP contribution in [0.15, 0.2) is 243 Å². The van der Waals surface area contributed by atoms with Gasteiger partial charge in [0.2, 0.25) is 0 Å². The van der Waals surface area contributed by atoms with Crippen molar-refractivity contribution in [1.82, 2.24) is 4.57 Å². The number of benzene rings is 10. The van der Waals surface area contributed by atoms with Crippen molar-refractivity contribution in [2.24, 2.45) is 0 Å². The van der Waals surface area contributed by atoms with Crippen LogP contribution in [0.2, 0.25) is 0 Å². The average Bonchev–Trinajstić information content (AvgIpc) is 3.68. The summed E-state index contributed by atoms with van der Waals surface area (Å²) in [5.41, 5.74) is 16.4. The molecule has 11 aromatic rings. The summed E-state index contributed by atoms with van der Waals surface area (Å²) in [6.45, 7) is 0. The molecule has 0 fully saturated rings. The molecule has 0 aliphatic carbocycles. The second kappa shape index (κ2) is 15.1. The van der Waals surface area contributed by atoms with E-state index in [1.807, 2.05) is 0 Å². The molecular formula is C58H40N2. The highest BCUT2D eigenvalue weighted by atomic mass is 15.1. The van der Waals surface area contributed by atoms with Gasteiger partial charge in [-0.3, -0.25) is 0 Å². The molecule has 0 spiro atoms. The minimum atomic E-state index is 1.09. The summed E-state index contributed by atoms with van der Waals surface area (Å²) >= 11 is 0. The number of rotatable bonds is 8. The summed E-state index contributed by atoms with van der Waals surface area (Å²) in [5.74, 6) is 0. The molecule has 0 bridgehead atoms. The molecule has 10 aromatic carbocycles. The number of fused-ring (bicyclic) bond motifs is 5. The summed E-state index contributed by atoms with van der Waals surface area (Å²) in [7, 11) is 0. The van der Waals surface area contributed by atoms with Crippen LogP contribution in [-0.2, 0) is 0 Å². The van der Waals surface area contributed by atoms with Crippen LogP contribution in [0.3, 0.4) is 0 Å². The van der Waals surface area contributed by atoms with E-state index >= 15 is 0 Å². The lowest BCUT2D eigenvalue weighted by molar-refractivity contribution is 1.19. The average molecular weight is 765 g/mol. The van der Waals surface area contributed by atoms with Crippen molar-refractivity contribution in [2.75, 3.05) is 4.90 Å². The first kappa shape index (κ1) is 35.2. The highest BCUT2D eigenvalue weighted by Gasteiger charge is 2.21. The third kappa shape index (κ3) is 6.23. The van der Waals surface area contributed by atoms with Gasteiger partial charge in [0.15, 0.2) is 0 Å². The van der Waals surface area contributed by atoms with Crippen molar-refractivity contribution < 1.29 is 0 Å². The van der Waals surface area contributed by atoms with Crippen LogP contribution >= 0.6 is 0 Å². The summed E-state index contributed by atoms with van der Waals surface area (Å²) in [6, 6.07) is 87.8. The molecule has 1 heterocycles. The van der Waals surface area contributed by atoms with Gasteiger partial charge in [0.05, 0.1) is 16.7 Å². The Morgan fingerprint density at radius 2 is 0.900 bits per heavy atom. The number of hydrogen-bond donors (Lipinski definition) is 0. The molecule has 0 aliphatic rings. The molecule has 282 valence electrons. The van der Waals surface area contributed by atoms with E-state index in [1.54, 1.807) is 0 Å². The first-order valence-electron chi connectivity index (χ1n) is 20.6. The number of hydrogen-bond acceptors (Lipinski definition) is 1. The van der Waals surface area contributed by atoms with Crippen LogP contribution in [0.4, 0.5) is 17.1 Å². The fourth-order valence-corrected chi connectivity index (χ4v) is 9.00. The lowest BCUT2D eigenvalue weighted by atomic mass is 9.97. The van der Waals surface area contributed by atoms with Crippen LogP contribution in [0.1, 0.15) is 0 Å². The fraction of sp³-hybridized carbons (Fsp3) is 0. The summed E-state index contributed by atoms with van der Waals surface area (Å²) in [6.07, 6.45) is 0. The van der Waals surface area contributed by atoms with Crippen LogP contribution in [0, 0.1) is 0 Å². The molecule has 2 heteroatoms. The Hall–Kier alpha value is -7.94. The normalized spacial score (nSPS) is 11.3. The van der Waals surface area contributed by atoms with Crippen molar-refractivity contribution in [1.29, 1.82) is 0 Å². The van der Waals surface area contributed by atoms with Crippen LogP contribution in [-0.4, -0.2) is 4.57 Å². The van der Waals surface area contributed by atoms with E-state index in [9.17, 15) is 0 Å². The Morgan fingerprint density at radius 1 is 0.317 bits per heavy atom. The zero-order chi connectivity index (χ0) is 39.8. The van der Waals surface area contributed by atoms with Gasteiger partial charge in [-0.25, -0.2) is 0 Å². The van der Waals surface area contributed by atoms with E-state index in [0.29, 0.717) is 0 Å². The predicted molar refractivity (Wildman–Crippen MR) is 255 cm³/mol. The molecule has 2 nitrogen and oxygen atoms in total. The Bertz CT molecular complexity index is 3290. The maximum Gasteiger partial charge on any atom is 0.0619 e. The minimum Gasteiger partial charge on any atom is -0.310 e. The molecule has 0 unspecified atom stereocenters. The quantitative estimate of drug-likeness (QED) is 0.150. The van der Waals surface area contributed by atoms with Crippen molar-refractivity contribution in [3.05, 3.63) is 243 Å². The predicted octanol–water partition coefficient (Wildman–Crippen LogP) is 16.1. The first-order valence-corrected chi connectivity index (χ1v) is 20.6. The molecule has 0 radical (unpaired) electrons. The van der Waals surface area contributed by atoms with Crippen LogP contribution in [0.25, 0.3) is 82.8 Å². The van der Waals surface area contributed by atoms with Crippen LogP contribution < -0.4 is 4.90 Å². The van der Waals surface area contributed by atoms with E-state index in [1.165, 1.54) is 71.5 Å². The summed E-state index contributed by atoms with van der Waals surface area (Å²) < 4.78 is 2.44. The number of nitrogens with zero attached hydrogens (tertiary/aromatic N) is 2. The van der Waals surface area contributed by atoms with Gasteiger partial charge in [0.1, 0.15) is 0 Å². The first-order chi connectivity index (χ1) is 29.8. The lowest BCUT2D eigenvalue weighted by Gasteiger charge is -2.28. The van der Waals surface area contributed by atoms with Gasteiger partial charge in [-0.2, -0.15) is 0 Å². The Balaban J connectivity index is 1.09. The minimum absolute atomic E-state index is 1.09. The zero-order valence-corrected chi connectivity index (χ0v) is 33.0. The molecule has 0 saturated carbocycles. The molecule has 0 N–H and O–H groups in total. The van der Waals surface area contributed by atoms with Gasteiger partial charge in [-0.1, -0.05) is 188 Å². The molecule has 11 rings (SSSR count). The molecule has 0 saturated heterocycles. The molecule has 0 atom stereocenters. The van der Waals surface area contributed by atoms with E-state index in [-0.39, 0.29) is 0 Å². The maximum absolute atomic E-state index is 2.44. The monoisotopic (exact) mass is 764 g/mol. The van der Waals surface area contributed by atoms with Crippen molar-refractivity contribution in [3.63, 3.8) is 0 Å². The fourth-order valence-electron chi connectivity index (χ4n) is 9.00. The molecule has 0 aliphatic heterocycles. The Morgan fingerprint density at radius 3 is 1.68 bits per heavy atom. The highest BCUT2D eigenvalue weighted by Crippen LogP contribution is 2.45. The standard InChI is InChI=1S/C58H40N2/c1-4-17-41(18-5-1)45-22-14-23-46(39-45)42-33-36-49(37-34-42)59(55-31-13-12-28-51(55)43-19-6-2-7-20-43)50-27-15-24-47(40-50)52-30-16-32-56-57(52)54-38-35-44-21-10-11-29-53(44)58(54)60(56)48-25-8-3-9-26-48/h1-40H. The van der Waals surface area contributed by atoms with E-state index in [4.69, 9.17) is 0 Å². The largest absolute Gasteiger partial charge is 0.310 e. The van der Waals surface area contributed by atoms with Gasteiger partial charge in [0, 0.05) is 38.8 Å². The number of anilines is 3. The second-order valence-corrected chi connectivity index (χ2v) is 15.3. The van der Waals surface area contributed by atoms with Gasteiger partial charge in [0.25, 0.3) is 0 Å². The molecule has 0 amide bonds. The summed E-state index contributed by atoms with van der Waals surface area (Å²) in [4.78, 5) is 2.41.